The smallest absolute Gasteiger partial charge is 0.264 e. The van der Waals surface area contributed by atoms with Gasteiger partial charge < -0.3 is 14.2 Å². The van der Waals surface area contributed by atoms with E-state index in [4.69, 9.17) is 0 Å². The highest BCUT2D eigenvalue weighted by molar-refractivity contribution is 5.96. The van der Waals surface area contributed by atoms with Crippen LogP contribution in [0.1, 0.15) is 21.7 Å². The maximum Gasteiger partial charge on any atom is 0.264 e. The van der Waals surface area contributed by atoms with Crippen LogP contribution in [0.2, 0.25) is 0 Å². The third-order valence-corrected chi connectivity index (χ3v) is 4.33. The fraction of sp³-hybridized carbons (Fsp3) is 0.222. The average Bonchev–Trinajstić information content (AvgIpc) is 2.76. The summed E-state index contributed by atoms with van der Waals surface area (Å²) < 4.78 is 3.19. The zero-order valence-electron chi connectivity index (χ0n) is 13.3. The van der Waals surface area contributed by atoms with Crippen LogP contribution in [0.4, 0.5) is 0 Å². The summed E-state index contributed by atoms with van der Waals surface area (Å²) >= 11 is 0. The molecule has 23 heavy (non-hydrogen) atoms. The van der Waals surface area contributed by atoms with E-state index in [9.17, 15) is 14.7 Å². The first kappa shape index (κ1) is 15.1. The number of hydrogen-bond donors (Lipinski definition) is 1. The van der Waals surface area contributed by atoms with Crippen molar-refractivity contribution in [3.05, 3.63) is 63.7 Å². The highest BCUT2D eigenvalue weighted by atomic mass is 16.3. The zero-order valence-corrected chi connectivity index (χ0v) is 13.3. The number of aryl methyl sites for hydroxylation is 2. The molecule has 1 N–H and O–H groups in total. The van der Waals surface area contributed by atoms with E-state index in [0.29, 0.717) is 22.5 Å². The summed E-state index contributed by atoms with van der Waals surface area (Å²) in [6, 6.07) is 10.7. The van der Waals surface area contributed by atoms with Crippen LogP contribution in [0.15, 0.2) is 41.2 Å². The van der Waals surface area contributed by atoms with E-state index in [1.807, 2.05) is 12.1 Å². The molecule has 0 fully saturated rings. The topological polar surface area (TPSA) is 64.2 Å². The van der Waals surface area contributed by atoms with Crippen molar-refractivity contribution in [2.75, 3.05) is 0 Å². The minimum atomic E-state index is -0.342. The monoisotopic (exact) mass is 310 g/mol. The van der Waals surface area contributed by atoms with Crippen LogP contribution in [0.5, 0.6) is 5.75 Å². The largest absolute Gasteiger partial charge is 0.505 e. The van der Waals surface area contributed by atoms with Crippen LogP contribution in [0, 0.1) is 13.8 Å². The van der Waals surface area contributed by atoms with Gasteiger partial charge in [0.15, 0.2) is 5.78 Å². The zero-order chi connectivity index (χ0) is 16.7. The molecule has 0 aliphatic carbocycles. The number of hydrogen-bond acceptors (Lipinski definition) is 3. The second-order valence-corrected chi connectivity index (χ2v) is 5.72. The minimum Gasteiger partial charge on any atom is -0.505 e. The first-order chi connectivity index (χ1) is 10.9. The van der Waals surface area contributed by atoms with Crippen molar-refractivity contribution in [3.8, 4) is 5.75 Å². The van der Waals surface area contributed by atoms with Crippen molar-refractivity contribution in [1.82, 2.24) is 9.13 Å². The molecular formula is C18H18N2O3. The Kier molecular flexibility index (Phi) is 3.56. The molecule has 0 saturated heterocycles. The molecule has 1 aromatic carbocycles. The molecule has 0 aliphatic rings. The summed E-state index contributed by atoms with van der Waals surface area (Å²) in [5.41, 5.74) is 2.21. The fourth-order valence-electron chi connectivity index (χ4n) is 2.82. The van der Waals surface area contributed by atoms with Crippen LogP contribution in [-0.4, -0.2) is 20.0 Å². The second kappa shape index (κ2) is 5.43. The van der Waals surface area contributed by atoms with Crippen molar-refractivity contribution >= 4 is 16.7 Å². The lowest BCUT2D eigenvalue weighted by Gasteiger charge is -2.10. The van der Waals surface area contributed by atoms with E-state index in [1.54, 1.807) is 49.7 Å². The third-order valence-electron chi connectivity index (χ3n) is 4.33. The van der Waals surface area contributed by atoms with Crippen LogP contribution in [0.25, 0.3) is 10.9 Å². The number of Topliss-reactive ketones (excluding diaryl/α,β-unsaturated/α-hetero) is 1. The van der Waals surface area contributed by atoms with E-state index in [1.165, 1.54) is 4.57 Å². The summed E-state index contributed by atoms with van der Waals surface area (Å²) in [5.74, 6) is -0.157. The fourth-order valence-corrected chi connectivity index (χ4v) is 2.82. The Hall–Kier alpha value is -2.82. The molecule has 0 unspecified atom stereocenters. The Bertz CT molecular complexity index is 966. The SMILES string of the molecule is Cc1cc2c(c(O)c(C)n2C)c(=O)n1CC(=O)c1ccccc1. The Morgan fingerprint density at radius 1 is 1.17 bits per heavy atom. The van der Waals surface area contributed by atoms with Gasteiger partial charge in [-0.1, -0.05) is 30.3 Å². The van der Waals surface area contributed by atoms with Crippen molar-refractivity contribution < 1.29 is 9.90 Å². The summed E-state index contributed by atoms with van der Waals surface area (Å²) in [7, 11) is 1.80. The Morgan fingerprint density at radius 3 is 2.48 bits per heavy atom. The van der Waals surface area contributed by atoms with Gasteiger partial charge in [0.05, 0.1) is 17.8 Å². The normalized spacial score (nSPS) is 11.1. The van der Waals surface area contributed by atoms with Crippen molar-refractivity contribution in [2.24, 2.45) is 7.05 Å². The highest BCUT2D eigenvalue weighted by Crippen LogP contribution is 2.28. The molecule has 3 rings (SSSR count). The average molecular weight is 310 g/mol. The van der Waals surface area contributed by atoms with E-state index >= 15 is 0 Å². The van der Waals surface area contributed by atoms with Gasteiger partial charge in [-0.3, -0.25) is 9.59 Å². The molecule has 118 valence electrons. The summed E-state index contributed by atoms with van der Waals surface area (Å²) in [5, 5.41) is 10.5. The van der Waals surface area contributed by atoms with Gasteiger partial charge in [0.25, 0.3) is 5.56 Å². The van der Waals surface area contributed by atoms with Gasteiger partial charge in [-0.25, -0.2) is 0 Å². The maximum absolute atomic E-state index is 12.7. The number of carbonyl (C=O) groups excluding carboxylic acids is 1. The van der Waals surface area contributed by atoms with Crippen molar-refractivity contribution in [1.29, 1.82) is 0 Å². The number of benzene rings is 1. The summed E-state index contributed by atoms with van der Waals surface area (Å²) in [4.78, 5) is 25.1. The molecule has 0 amide bonds. The van der Waals surface area contributed by atoms with Crippen molar-refractivity contribution in [2.45, 2.75) is 20.4 Å². The molecule has 0 radical (unpaired) electrons. The molecule has 0 atom stereocenters. The standard InChI is InChI=1S/C18H18N2O3/c1-11-9-14-16(17(22)12(2)19(14)3)18(23)20(11)10-15(21)13-7-5-4-6-8-13/h4-9,22H,10H2,1-3H3. The Labute approximate surface area is 133 Å². The molecule has 0 bridgehead atoms. The first-order valence-corrected chi connectivity index (χ1v) is 7.38. The van der Waals surface area contributed by atoms with Gasteiger partial charge >= 0.3 is 0 Å². The van der Waals surface area contributed by atoms with E-state index < -0.39 is 0 Å². The number of nitrogens with zero attached hydrogens (tertiary/aromatic N) is 2. The second-order valence-electron chi connectivity index (χ2n) is 5.72. The lowest BCUT2D eigenvalue weighted by molar-refractivity contribution is 0.0970. The molecule has 5 nitrogen and oxygen atoms in total. The molecular weight excluding hydrogens is 292 g/mol. The number of carbonyl (C=O) groups is 1. The van der Waals surface area contributed by atoms with Gasteiger partial charge in [0.1, 0.15) is 11.1 Å². The van der Waals surface area contributed by atoms with Crippen LogP contribution < -0.4 is 5.56 Å². The number of rotatable bonds is 3. The first-order valence-electron chi connectivity index (χ1n) is 7.38. The predicted octanol–water partition coefficient (Wildman–Crippen LogP) is 2.55. The minimum absolute atomic E-state index is 0.0200. The predicted molar refractivity (Wildman–Crippen MR) is 89.1 cm³/mol. The van der Waals surface area contributed by atoms with Crippen LogP contribution >= 0.6 is 0 Å². The quantitative estimate of drug-likeness (QED) is 0.756. The van der Waals surface area contributed by atoms with Gasteiger partial charge in [-0.2, -0.15) is 0 Å². The Balaban J connectivity index is 2.14. The lowest BCUT2D eigenvalue weighted by Crippen LogP contribution is -2.26. The molecule has 0 spiro atoms. The maximum atomic E-state index is 12.7. The summed E-state index contributed by atoms with van der Waals surface area (Å²) in [6.07, 6.45) is 0. The number of ketones is 1. The van der Waals surface area contributed by atoms with E-state index in [-0.39, 0.29) is 29.0 Å². The van der Waals surface area contributed by atoms with Gasteiger partial charge in [-0.05, 0) is 19.9 Å². The molecule has 5 heteroatoms. The van der Waals surface area contributed by atoms with E-state index in [0.717, 1.165) is 0 Å². The highest BCUT2D eigenvalue weighted by Gasteiger charge is 2.18. The van der Waals surface area contributed by atoms with Gasteiger partial charge in [-0.15, -0.1) is 0 Å². The van der Waals surface area contributed by atoms with Crippen molar-refractivity contribution in [3.63, 3.8) is 0 Å². The van der Waals surface area contributed by atoms with Gasteiger partial charge in [0.2, 0.25) is 0 Å². The molecule has 2 aromatic heterocycles. The lowest BCUT2D eigenvalue weighted by atomic mass is 10.1. The Morgan fingerprint density at radius 2 is 1.83 bits per heavy atom. The van der Waals surface area contributed by atoms with Crippen LogP contribution in [-0.2, 0) is 13.6 Å². The third kappa shape index (κ3) is 2.34. The van der Waals surface area contributed by atoms with Gasteiger partial charge in [0, 0.05) is 18.3 Å². The number of fused-ring (bicyclic) bond motifs is 1. The summed E-state index contributed by atoms with van der Waals surface area (Å²) in [6.45, 7) is 3.50. The van der Waals surface area contributed by atoms with E-state index in [2.05, 4.69) is 0 Å². The molecule has 0 aliphatic heterocycles. The molecule has 0 saturated carbocycles. The van der Waals surface area contributed by atoms with Crippen LogP contribution in [0.3, 0.4) is 0 Å². The molecule has 2 heterocycles. The number of pyridine rings is 1. The molecule has 3 aromatic rings. The number of aromatic nitrogens is 2. The number of aromatic hydroxyl groups is 1.